The largest absolute Gasteiger partial charge is 0.465 e. The number of carbonyl (C=O) groups is 2. The van der Waals surface area contributed by atoms with Crippen LogP contribution in [0.25, 0.3) is 11.4 Å². The minimum Gasteiger partial charge on any atom is -0.465 e. The fourth-order valence-corrected chi connectivity index (χ4v) is 5.82. The van der Waals surface area contributed by atoms with Crippen molar-refractivity contribution in [3.63, 3.8) is 0 Å². The molecule has 1 amide bonds. The highest BCUT2D eigenvalue weighted by Gasteiger charge is 2.34. The van der Waals surface area contributed by atoms with E-state index in [0.717, 1.165) is 16.5 Å². The molecule has 14 heteroatoms. The number of ether oxygens (including phenoxy) is 1. The van der Waals surface area contributed by atoms with Gasteiger partial charge in [0.05, 0.1) is 29.7 Å². The number of H-pyrrole nitrogens is 1. The molecule has 0 aromatic carbocycles. The van der Waals surface area contributed by atoms with Gasteiger partial charge in [-0.05, 0) is 13.3 Å². The quantitative estimate of drug-likeness (QED) is 0.430. The third-order valence-electron chi connectivity index (χ3n) is 5.51. The van der Waals surface area contributed by atoms with E-state index in [0.29, 0.717) is 40.1 Å². The lowest BCUT2D eigenvalue weighted by atomic mass is 10.0. The van der Waals surface area contributed by atoms with Gasteiger partial charge in [0, 0.05) is 31.7 Å². The molecule has 1 aliphatic heterocycles. The van der Waals surface area contributed by atoms with E-state index in [2.05, 4.69) is 20.3 Å². The molecular formula is C21H23Cl2FN6O3S2. The summed E-state index contributed by atoms with van der Waals surface area (Å²) in [5.41, 5.74) is 1.63. The van der Waals surface area contributed by atoms with Crippen molar-refractivity contribution in [2.45, 2.75) is 25.6 Å². The zero-order valence-corrected chi connectivity index (χ0v) is 22.5. The van der Waals surface area contributed by atoms with E-state index in [9.17, 15) is 9.59 Å². The number of amides is 1. The van der Waals surface area contributed by atoms with Crippen LogP contribution in [0.3, 0.4) is 0 Å². The molecule has 2 N–H and O–H groups in total. The highest BCUT2D eigenvalue weighted by Crippen LogP contribution is 2.37. The topological polar surface area (TPSA) is 103 Å². The van der Waals surface area contributed by atoms with Gasteiger partial charge in [0.25, 0.3) is 5.91 Å². The molecule has 0 radical (unpaired) electrons. The maximum Gasteiger partial charge on any atom is 0.350 e. The van der Waals surface area contributed by atoms with Gasteiger partial charge in [-0.1, -0.05) is 34.5 Å². The first-order valence-electron chi connectivity index (χ1n) is 10.6. The van der Waals surface area contributed by atoms with Gasteiger partial charge in [-0.15, -0.1) is 11.3 Å². The molecule has 0 spiro atoms. The number of nitrogens with one attached hydrogen (secondary N) is 2. The number of methoxy groups -OCH3 is 1. The van der Waals surface area contributed by atoms with Crippen molar-refractivity contribution in [3.05, 3.63) is 31.7 Å². The Kier molecular flexibility index (Phi) is 7.55. The number of nitrogens with zero attached hydrogens (tertiary/aromatic N) is 4. The summed E-state index contributed by atoms with van der Waals surface area (Å²) in [7, 11) is 5.05. The molecule has 35 heavy (non-hydrogen) atoms. The second-order valence-electron chi connectivity index (χ2n) is 8.16. The van der Waals surface area contributed by atoms with E-state index >= 15 is 4.39 Å². The predicted octanol–water partition coefficient (Wildman–Crippen LogP) is 4.41. The van der Waals surface area contributed by atoms with Crippen molar-refractivity contribution in [2.75, 3.05) is 44.1 Å². The first-order valence-corrected chi connectivity index (χ1v) is 13.0. The summed E-state index contributed by atoms with van der Waals surface area (Å²) in [4.78, 5) is 41.0. The zero-order chi connectivity index (χ0) is 25.4. The maximum atomic E-state index is 15.1. The maximum absolute atomic E-state index is 15.1. The molecule has 0 bridgehead atoms. The number of thiazole rings is 2. The van der Waals surface area contributed by atoms with Crippen molar-refractivity contribution >= 4 is 68.0 Å². The Morgan fingerprint density at radius 2 is 2.06 bits per heavy atom. The third kappa shape index (κ3) is 5.11. The van der Waals surface area contributed by atoms with Gasteiger partial charge >= 0.3 is 5.97 Å². The number of hydrogen-bond acceptors (Lipinski definition) is 9. The van der Waals surface area contributed by atoms with Crippen LogP contribution in [0.1, 0.15) is 32.3 Å². The number of carbonyl (C=O) groups excluding carboxylic acids is 2. The SMILES string of the molecule is COC(=O)c1sc(N2CC[C@@H](NC(=O)c3[nH]c(C)c(Cl)c3Cl)[C@@H](F)C2)nc1-c1csc(N(C)C)n1. The molecule has 0 aliphatic carbocycles. The van der Waals surface area contributed by atoms with Crippen molar-refractivity contribution in [2.24, 2.45) is 0 Å². The third-order valence-corrected chi connectivity index (χ3v) is 8.57. The van der Waals surface area contributed by atoms with Crippen molar-refractivity contribution < 1.29 is 18.7 Å². The van der Waals surface area contributed by atoms with Crippen LogP contribution in [-0.4, -0.2) is 73.3 Å². The summed E-state index contributed by atoms with van der Waals surface area (Å²) >= 11 is 14.7. The number of aryl methyl sites for hydroxylation is 1. The smallest absolute Gasteiger partial charge is 0.350 e. The predicted molar refractivity (Wildman–Crippen MR) is 137 cm³/mol. The summed E-state index contributed by atoms with van der Waals surface area (Å²) in [6.07, 6.45) is -1.03. The molecule has 3 aromatic heterocycles. The molecule has 4 rings (SSSR count). The van der Waals surface area contributed by atoms with Gasteiger partial charge in [-0.3, -0.25) is 4.79 Å². The standard InChI is InChI=1S/C21H23Cl2FN6O3S2/c1-9-13(22)14(23)16(25-9)18(31)26-11-5-6-30(7-10(11)24)21-28-15(17(35-21)19(32)33-4)12-8-34-20(27-12)29(2)3/h8,10-11,25H,5-7H2,1-4H3,(H,26,31)/t10-,11+/m0/s1. The Morgan fingerprint density at radius 1 is 1.31 bits per heavy atom. The van der Waals surface area contributed by atoms with Gasteiger partial charge in [-0.2, -0.15) is 0 Å². The number of esters is 1. The second kappa shape index (κ2) is 10.3. The van der Waals surface area contributed by atoms with Crippen LogP contribution in [-0.2, 0) is 4.74 Å². The summed E-state index contributed by atoms with van der Waals surface area (Å²) in [6.45, 7) is 2.12. The summed E-state index contributed by atoms with van der Waals surface area (Å²) in [5, 5.41) is 6.15. The average Bonchev–Trinajstić information content (AvgIpc) is 3.54. The van der Waals surface area contributed by atoms with E-state index < -0.39 is 24.1 Å². The van der Waals surface area contributed by atoms with E-state index in [4.69, 9.17) is 27.9 Å². The average molecular weight is 561 g/mol. The molecule has 0 unspecified atom stereocenters. The van der Waals surface area contributed by atoms with Crippen LogP contribution in [0, 0.1) is 6.92 Å². The number of hydrogen-bond donors (Lipinski definition) is 2. The van der Waals surface area contributed by atoms with Gasteiger partial charge in [0.15, 0.2) is 10.3 Å². The highest BCUT2D eigenvalue weighted by molar-refractivity contribution is 7.18. The van der Waals surface area contributed by atoms with Crippen LogP contribution < -0.4 is 15.1 Å². The minimum absolute atomic E-state index is 0.00321. The summed E-state index contributed by atoms with van der Waals surface area (Å²) < 4.78 is 20.1. The van der Waals surface area contributed by atoms with Crippen LogP contribution >= 0.6 is 45.9 Å². The fourth-order valence-electron chi connectivity index (χ4n) is 3.64. The molecule has 3 aromatic rings. The number of aromatic amines is 1. The lowest BCUT2D eigenvalue weighted by Gasteiger charge is -2.34. The van der Waals surface area contributed by atoms with Gasteiger partial charge in [-0.25, -0.2) is 19.2 Å². The van der Waals surface area contributed by atoms with E-state index in [-0.39, 0.29) is 22.3 Å². The highest BCUT2D eigenvalue weighted by atomic mass is 35.5. The van der Waals surface area contributed by atoms with Crippen molar-refractivity contribution in [1.82, 2.24) is 20.3 Å². The summed E-state index contributed by atoms with van der Waals surface area (Å²) in [5.74, 6) is -1.05. The first kappa shape index (κ1) is 25.7. The Balaban J connectivity index is 1.50. The Hall–Kier alpha value is -2.41. The number of alkyl halides is 1. The normalized spacial score (nSPS) is 18.0. The van der Waals surface area contributed by atoms with Crippen LogP contribution in [0.15, 0.2) is 5.38 Å². The molecule has 2 atom stereocenters. The van der Waals surface area contributed by atoms with Crippen molar-refractivity contribution in [1.29, 1.82) is 0 Å². The van der Waals surface area contributed by atoms with Gasteiger partial charge < -0.3 is 24.8 Å². The molecule has 188 valence electrons. The zero-order valence-electron chi connectivity index (χ0n) is 19.3. The number of anilines is 2. The second-order valence-corrected chi connectivity index (χ2v) is 10.7. The molecule has 1 aliphatic rings. The Bertz CT molecular complexity index is 1260. The fraction of sp³-hybridized carbons (Fsp3) is 0.429. The van der Waals surface area contributed by atoms with Crippen LogP contribution in [0.4, 0.5) is 14.7 Å². The molecule has 1 saturated heterocycles. The Labute approximate surface area is 219 Å². The van der Waals surface area contributed by atoms with E-state index in [1.165, 1.54) is 18.4 Å². The van der Waals surface area contributed by atoms with Crippen LogP contribution in [0.2, 0.25) is 10.0 Å². The number of halogens is 3. The Morgan fingerprint density at radius 3 is 2.63 bits per heavy atom. The van der Waals surface area contributed by atoms with Crippen molar-refractivity contribution in [3.8, 4) is 11.4 Å². The lowest BCUT2D eigenvalue weighted by Crippen LogP contribution is -2.52. The van der Waals surface area contributed by atoms with E-state index in [1.54, 1.807) is 11.8 Å². The molecule has 4 heterocycles. The van der Waals surface area contributed by atoms with E-state index in [1.807, 2.05) is 24.4 Å². The first-order chi connectivity index (χ1) is 16.6. The molecule has 1 fully saturated rings. The molecular weight excluding hydrogens is 538 g/mol. The molecule has 0 saturated carbocycles. The number of aromatic nitrogens is 3. The minimum atomic E-state index is -1.37. The van der Waals surface area contributed by atoms with Gasteiger partial charge in [0.1, 0.15) is 28.1 Å². The molecule has 9 nitrogen and oxygen atoms in total. The summed E-state index contributed by atoms with van der Waals surface area (Å²) in [6, 6.07) is -0.710. The van der Waals surface area contributed by atoms with Gasteiger partial charge in [0.2, 0.25) is 0 Å². The monoisotopic (exact) mass is 560 g/mol. The number of piperidine rings is 1. The number of rotatable bonds is 6. The van der Waals surface area contributed by atoms with Crippen LogP contribution in [0.5, 0.6) is 0 Å². The lowest BCUT2D eigenvalue weighted by molar-refractivity contribution is 0.0606.